The summed E-state index contributed by atoms with van der Waals surface area (Å²) in [5.74, 6) is 4.55. The molecule has 0 bridgehead atoms. The van der Waals surface area contributed by atoms with Crippen molar-refractivity contribution in [1.29, 1.82) is 0 Å². The number of carbonyl (C=O) groups excluding carboxylic acids is 4. The van der Waals surface area contributed by atoms with Gasteiger partial charge < -0.3 is 10.1 Å². The number of fused-ring (bicyclic) bond motifs is 1. The van der Waals surface area contributed by atoms with Gasteiger partial charge in [-0.3, -0.25) is 29.7 Å². The van der Waals surface area contributed by atoms with Crippen LogP contribution in [0.4, 0.5) is 0 Å². The number of imide groups is 1. The molecular formula is C26H27N3O6S. The summed E-state index contributed by atoms with van der Waals surface area (Å²) in [6.45, 7) is 2.44. The van der Waals surface area contributed by atoms with Gasteiger partial charge in [0.1, 0.15) is 12.4 Å². The molecule has 9 nitrogen and oxygen atoms in total. The molecule has 0 aliphatic carbocycles. The van der Waals surface area contributed by atoms with E-state index >= 15 is 0 Å². The van der Waals surface area contributed by atoms with Gasteiger partial charge in [-0.25, -0.2) is 5.48 Å². The van der Waals surface area contributed by atoms with E-state index in [-0.39, 0.29) is 23.5 Å². The molecule has 3 rings (SSSR count). The molecule has 1 atom stereocenters. The van der Waals surface area contributed by atoms with E-state index in [1.165, 1.54) is 11.8 Å². The van der Waals surface area contributed by atoms with E-state index in [9.17, 15) is 19.2 Å². The highest BCUT2D eigenvalue weighted by atomic mass is 32.2. The normalized spacial score (nSPS) is 12.6. The molecule has 1 aliphatic rings. The van der Waals surface area contributed by atoms with E-state index in [4.69, 9.17) is 9.94 Å². The van der Waals surface area contributed by atoms with Crippen LogP contribution in [0.25, 0.3) is 0 Å². The molecule has 4 amide bonds. The summed E-state index contributed by atoms with van der Waals surface area (Å²) in [5.41, 5.74) is 2.75. The first kappa shape index (κ1) is 26.8. The minimum Gasteiger partial charge on any atom is -0.481 e. The fourth-order valence-electron chi connectivity index (χ4n) is 3.64. The molecule has 0 spiro atoms. The minimum absolute atomic E-state index is 0.0139. The topological polar surface area (TPSA) is 134 Å². The van der Waals surface area contributed by atoms with Crippen LogP contribution in [0, 0.1) is 11.8 Å². The Morgan fingerprint density at radius 3 is 2.61 bits per heavy atom. The fourth-order valence-corrected chi connectivity index (χ4v) is 4.71. The predicted octanol–water partition coefficient (Wildman–Crippen LogP) is 2.47. The van der Waals surface area contributed by atoms with E-state index in [1.807, 2.05) is 12.1 Å². The van der Waals surface area contributed by atoms with Gasteiger partial charge in [-0.1, -0.05) is 24.5 Å². The Morgan fingerprint density at radius 1 is 1.11 bits per heavy atom. The lowest BCUT2D eigenvalue weighted by atomic mass is 10.00. The number of nitrogens with one attached hydrogen (secondary N) is 3. The van der Waals surface area contributed by atoms with E-state index < -0.39 is 23.0 Å². The maximum atomic E-state index is 12.4. The van der Waals surface area contributed by atoms with Gasteiger partial charge in [0.05, 0.1) is 22.8 Å². The average Bonchev–Trinajstić information content (AvgIpc) is 3.17. The smallest absolute Gasteiger partial charge is 0.259 e. The number of unbranched alkanes of at least 4 members (excludes halogenated alkanes) is 1. The van der Waals surface area contributed by atoms with Gasteiger partial charge in [-0.2, -0.15) is 0 Å². The van der Waals surface area contributed by atoms with Crippen molar-refractivity contribution in [2.75, 3.05) is 13.2 Å². The zero-order chi connectivity index (χ0) is 25.9. The summed E-state index contributed by atoms with van der Waals surface area (Å²) in [4.78, 5) is 49.1. The van der Waals surface area contributed by atoms with E-state index in [0.29, 0.717) is 43.7 Å². The Morgan fingerprint density at radius 2 is 1.89 bits per heavy atom. The van der Waals surface area contributed by atoms with Gasteiger partial charge in [-0.15, -0.1) is 17.7 Å². The average molecular weight is 510 g/mol. The first-order valence-corrected chi connectivity index (χ1v) is 12.3. The van der Waals surface area contributed by atoms with Crippen molar-refractivity contribution in [3.8, 4) is 17.6 Å². The van der Waals surface area contributed by atoms with Crippen molar-refractivity contribution in [2.45, 2.75) is 42.8 Å². The Kier molecular flexibility index (Phi) is 9.92. The van der Waals surface area contributed by atoms with Crippen molar-refractivity contribution in [1.82, 2.24) is 16.1 Å². The molecule has 0 radical (unpaired) electrons. The van der Waals surface area contributed by atoms with Gasteiger partial charge in [-0.05, 0) is 55.7 Å². The number of hydrogen-bond acceptors (Lipinski definition) is 7. The Balaban J connectivity index is 1.43. The standard InChI is InChI=1S/C26H27N3O6S/c1-2-3-15-35-18-10-12-19(13-11-18)36-21(25(32)29-34)9-4-5-14-27-22(30)16-17-7-6-8-20-23(17)26(33)28-24(20)31/h6-8,10-13,21,34H,4-5,9,14-16H2,1H3,(H,27,30)(H,29,32)(H,28,31,33). The number of thioether (sulfide) groups is 1. The maximum absolute atomic E-state index is 12.4. The van der Waals surface area contributed by atoms with Gasteiger partial charge >= 0.3 is 0 Å². The lowest BCUT2D eigenvalue weighted by molar-refractivity contribution is -0.128. The number of rotatable bonds is 12. The van der Waals surface area contributed by atoms with Crippen LogP contribution in [-0.4, -0.2) is 47.2 Å². The van der Waals surface area contributed by atoms with Crippen molar-refractivity contribution in [2.24, 2.45) is 0 Å². The van der Waals surface area contributed by atoms with E-state index in [2.05, 4.69) is 22.5 Å². The summed E-state index contributed by atoms with van der Waals surface area (Å²) < 4.78 is 5.48. The highest BCUT2D eigenvalue weighted by Gasteiger charge is 2.29. The van der Waals surface area contributed by atoms with Crippen molar-refractivity contribution in [3.63, 3.8) is 0 Å². The highest BCUT2D eigenvalue weighted by molar-refractivity contribution is 8.00. The van der Waals surface area contributed by atoms with Crippen LogP contribution in [-0.2, 0) is 16.0 Å². The van der Waals surface area contributed by atoms with Crippen LogP contribution >= 0.6 is 11.8 Å². The molecule has 4 N–H and O–H groups in total. The molecule has 1 aliphatic heterocycles. The number of hydroxylamine groups is 1. The van der Waals surface area contributed by atoms with Crippen LogP contribution in [0.3, 0.4) is 0 Å². The quantitative estimate of drug-likeness (QED) is 0.0862. The van der Waals surface area contributed by atoms with Crippen LogP contribution < -0.4 is 20.9 Å². The van der Waals surface area contributed by atoms with Gasteiger partial charge in [0.15, 0.2) is 0 Å². The number of benzene rings is 2. The zero-order valence-electron chi connectivity index (χ0n) is 19.8. The molecule has 0 aromatic heterocycles. The predicted molar refractivity (Wildman–Crippen MR) is 134 cm³/mol. The van der Waals surface area contributed by atoms with E-state index in [0.717, 1.165) is 4.90 Å². The Labute approximate surface area is 213 Å². The minimum atomic E-state index is -0.508. The molecule has 36 heavy (non-hydrogen) atoms. The summed E-state index contributed by atoms with van der Waals surface area (Å²) in [5, 5.41) is 13.6. The van der Waals surface area contributed by atoms with Crippen LogP contribution in [0.15, 0.2) is 47.4 Å². The van der Waals surface area contributed by atoms with Crippen molar-refractivity contribution in [3.05, 3.63) is 59.2 Å². The van der Waals surface area contributed by atoms with E-state index in [1.54, 1.807) is 42.7 Å². The third kappa shape index (κ3) is 7.34. The zero-order valence-corrected chi connectivity index (χ0v) is 20.6. The fraction of sp³-hybridized carbons (Fsp3) is 0.308. The monoisotopic (exact) mass is 509 g/mol. The molecular weight excluding hydrogens is 482 g/mol. The third-order valence-corrected chi connectivity index (χ3v) is 6.69. The largest absolute Gasteiger partial charge is 0.481 e. The third-order valence-electron chi connectivity index (χ3n) is 5.41. The van der Waals surface area contributed by atoms with Gasteiger partial charge in [0, 0.05) is 11.4 Å². The van der Waals surface area contributed by atoms with Gasteiger partial charge in [0.25, 0.3) is 17.7 Å². The van der Waals surface area contributed by atoms with Crippen LogP contribution in [0.5, 0.6) is 5.75 Å². The SMILES string of the molecule is CC#CCOc1ccc(SC(CCCCNC(=O)Cc2cccc3c2C(=O)NC3=O)C(=O)NO)cc1. The highest BCUT2D eigenvalue weighted by Crippen LogP contribution is 2.28. The lowest BCUT2D eigenvalue weighted by Crippen LogP contribution is -2.30. The molecule has 0 saturated carbocycles. The number of hydrogen-bond donors (Lipinski definition) is 4. The Bertz CT molecular complexity index is 1190. The molecule has 2 aromatic rings. The molecule has 1 unspecified atom stereocenters. The summed E-state index contributed by atoms with van der Waals surface area (Å²) in [6, 6.07) is 12.1. The number of ether oxygens (including phenoxy) is 1. The molecule has 0 fully saturated rings. The lowest BCUT2D eigenvalue weighted by Gasteiger charge is -2.15. The van der Waals surface area contributed by atoms with Crippen molar-refractivity contribution < 1.29 is 29.1 Å². The second-order valence-electron chi connectivity index (χ2n) is 7.91. The molecule has 1 heterocycles. The summed E-state index contributed by atoms with van der Waals surface area (Å²) in [6.07, 6.45) is 1.74. The van der Waals surface area contributed by atoms with Crippen LogP contribution in [0.2, 0.25) is 0 Å². The molecule has 2 aromatic carbocycles. The second-order valence-corrected chi connectivity index (χ2v) is 9.19. The first-order chi connectivity index (χ1) is 17.4. The summed E-state index contributed by atoms with van der Waals surface area (Å²) in [7, 11) is 0. The van der Waals surface area contributed by atoms with Crippen molar-refractivity contribution >= 4 is 35.4 Å². The number of carbonyl (C=O) groups is 4. The van der Waals surface area contributed by atoms with Crippen LogP contribution in [0.1, 0.15) is 52.5 Å². The number of amides is 4. The Hall–Kier alpha value is -3.81. The molecule has 188 valence electrons. The van der Waals surface area contributed by atoms with Gasteiger partial charge in [0.2, 0.25) is 5.91 Å². The molecule has 10 heteroatoms. The molecule has 0 saturated heterocycles. The first-order valence-electron chi connectivity index (χ1n) is 11.4. The summed E-state index contributed by atoms with van der Waals surface area (Å²) >= 11 is 1.33. The maximum Gasteiger partial charge on any atom is 0.259 e. The second kappa shape index (κ2) is 13.3.